The van der Waals surface area contributed by atoms with E-state index in [4.69, 9.17) is 14.3 Å². The highest BCUT2D eigenvalue weighted by Gasteiger charge is 2.45. The van der Waals surface area contributed by atoms with Crippen molar-refractivity contribution < 1.29 is 32.3 Å². The molecule has 0 saturated heterocycles. The Morgan fingerprint density at radius 3 is 2.49 bits per heavy atom. The zero-order valence-corrected chi connectivity index (χ0v) is 18.5. The van der Waals surface area contributed by atoms with E-state index in [1.807, 2.05) is 30.3 Å². The van der Waals surface area contributed by atoms with Gasteiger partial charge in [0.15, 0.2) is 12.0 Å². The quantitative estimate of drug-likeness (QED) is 0.458. The number of nitrogens with one attached hydrogen (secondary N) is 1. The first kappa shape index (κ1) is 22.8. The number of alkyl halides is 3. The van der Waals surface area contributed by atoms with Crippen molar-refractivity contribution in [2.24, 2.45) is 5.92 Å². The molecule has 10 heteroatoms. The molecule has 2 heterocycles. The molecular formula is C25H22F3N3O4. The van der Waals surface area contributed by atoms with Gasteiger partial charge in [0.25, 0.3) is 0 Å². The largest absolute Gasteiger partial charge is 0.493 e. The van der Waals surface area contributed by atoms with Crippen molar-refractivity contribution in [1.82, 2.24) is 4.98 Å². The maximum atomic E-state index is 13.0. The minimum Gasteiger partial charge on any atom is -0.493 e. The zero-order chi connectivity index (χ0) is 24.4. The third-order valence-corrected chi connectivity index (χ3v) is 5.59. The van der Waals surface area contributed by atoms with Crippen LogP contribution in [0.25, 0.3) is 0 Å². The number of carbonyl (C=O) groups excluding carboxylic acids is 1. The van der Waals surface area contributed by atoms with Gasteiger partial charge in [0.2, 0.25) is 0 Å². The number of hydrogen-bond acceptors (Lipinski definition) is 7. The zero-order valence-electron chi connectivity index (χ0n) is 18.5. The molecule has 1 fully saturated rings. The van der Waals surface area contributed by atoms with Crippen LogP contribution in [0.1, 0.15) is 30.1 Å². The number of fused-ring (bicyclic) bond motifs is 1. The van der Waals surface area contributed by atoms with Crippen molar-refractivity contribution in [2.45, 2.75) is 31.8 Å². The summed E-state index contributed by atoms with van der Waals surface area (Å²) in [4.78, 5) is 20.6. The number of anilines is 2. The highest BCUT2D eigenvalue weighted by molar-refractivity contribution is 5.80. The van der Waals surface area contributed by atoms with Crippen molar-refractivity contribution in [3.8, 4) is 11.5 Å². The molecule has 2 aromatic carbocycles. The maximum Gasteiger partial charge on any atom is 0.493 e. The highest BCUT2D eigenvalue weighted by Crippen LogP contribution is 2.42. The van der Waals surface area contributed by atoms with E-state index in [-0.39, 0.29) is 11.5 Å². The molecule has 1 aliphatic heterocycles. The Morgan fingerprint density at radius 1 is 1.03 bits per heavy atom. The summed E-state index contributed by atoms with van der Waals surface area (Å²) in [5, 5.41) is 3.90. The summed E-state index contributed by atoms with van der Waals surface area (Å²) >= 11 is 0. The lowest BCUT2D eigenvalue weighted by molar-refractivity contribution is -0.201. The Labute approximate surface area is 199 Å². The highest BCUT2D eigenvalue weighted by atomic mass is 19.4. The van der Waals surface area contributed by atoms with Crippen LogP contribution in [0.4, 0.5) is 24.7 Å². The monoisotopic (exact) mass is 485 g/mol. The van der Waals surface area contributed by atoms with Gasteiger partial charge in [-0.1, -0.05) is 30.3 Å². The maximum absolute atomic E-state index is 13.0. The van der Waals surface area contributed by atoms with Gasteiger partial charge in [-0.05, 0) is 48.6 Å². The van der Waals surface area contributed by atoms with Gasteiger partial charge < -0.3 is 19.6 Å². The molecule has 0 radical (unpaired) electrons. The number of ether oxygens (including phenoxy) is 2. The number of hydroxylamine groups is 1. The summed E-state index contributed by atoms with van der Waals surface area (Å²) < 4.78 is 50.9. The van der Waals surface area contributed by atoms with Gasteiger partial charge >= 0.3 is 12.1 Å². The van der Waals surface area contributed by atoms with E-state index in [0.717, 1.165) is 23.5 Å². The first-order valence-electron chi connectivity index (χ1n) is 11.1. The molecule has 1 aliphatic carbocycles. The van der Waals surface area contributed by atoms with Gasteiger partial charge in [0, 0.05) is 17.8 Å². The van der Waals surface area contributed by atoms with Crippen LogP contribution in [0.5, 0.6) is 11.5 Å². The van der Waals surface area contributed by atoms with Gasteiger partial charge in [-0.3, -0.25) is 0 Å². The lowest BCUT2D eigenvalue weighted by atomic mass is 10.1. The molecule has 5 rings (SSSR count). The second-order valence-electron chi connectivity index (χ2n) is 8.39. The molecule has 182 valence electrons. The lowest BCUT2D eigenvalue weighted by Gasteiger charge is -2.26. The first-order valence-corrected chi connectivity index (χ1v) is 11.1. The van der Waals surface area contributed by atoms with Crippen molar-refractivity contribution in [1.29, 1.82) is 0 Å². The van der Waals surface area contributed by atoms with E-state index in [0.29, 0.717) is 36.2 Å². The fraction of sp³-hybridized carbons (Fsp3) is 0.280. The summed E-state index contributed by atoms with van der Waals surface area (Å²) in [6.45, 7) is 0.827. The van der Waals surface area contributed by atoms with Crippen LogP contribution in [-0.2, 0) is 16.2 Å². The van der Waals surface area contributed by atoms with Crippen LogP contribution >= 0.6 is 0 Å². The SMILES string of the molecule is O=C(ON1c2cccnc2NC1c1cc(OCc2ccccc2)cc(OCC2CC2)c1)C(F)(F)F. The molecule has 0 bridgehead atoms. The van der Waals surface area contributed by atoms with Gasteiger partial charge in [0.1, 0.15) is 23.8 Å². The number of benzene rings is 2. The van der Waals surface area contributed by atoms with Crippen molar-refractivity contribution in [3.63, 3.8) is 0 Å². The number of hydrogen-bond donors (Lipinski definition) is 1. The van der Waals surface area contributed by atoms with Gasteiger partial charge in [0.05, 0.1) is 6.61 Å². The molecule has 2 aliphatic rings. The van der Waals surface area contributed by atoms with E-state index in [1.165, 1.54) is 12.3 Å². The molecule has 0 spiro atoms. The van der Waals surface area contributed by atoms with Crippen LogP contribution in [0.3, 0.4) is 0 Å². The lowest BCUT2D eigenvalue weighted by Crippen LogP contribution is -2.36. The second kappa shape index (κ2) is 9.36. The van der Waals surface area contributed by atoms with Crippen LogP contribution in [0.15, 0.2) is 66.9 Å². The first-order chi connectivity index (χ1) is 16.9. The smallest absolute Gasteiger partial charge is 0.493 e. The molecule has 0 amide bonds. The Bertz CT molecular complexity index is 1200. The molecule has 1 N–H and O–H groups in total. The molecule has 7 nitrogen and oxygen atoms in total. The van der Waals surface area contributed by atoms with Crippen LogP contribution in [0, 0.1) is 5.92 Å². The normalized spacial score (nSPS) is 16.9. The van der Waals surface area contributed by atoms with Gasteiger partial charge in [-0.15, -0.1) is 0 Å². The van der Waals surface area contributed by atoms with Gasteiger partial charge in [-0.2, -0.15) is 18.2 Å². The molecule has 1 aromatic heterocycles. The number of aromatic nitrogens is 1. The molecular weight excluding hydrogens is 463 g/mol. The standard InChI is InChI=1S/C25H22F3N3O4/c26-25(27,28)24(32)35-31-21-7-4-10-29-22(21)30-23(31)18-11-19(33-14-16-5-2-1-3-6-16)13-20(12-18)34-15-17-8-9-17/h1-7,10-13,17,23H,8-9,14-15H2,(H,29,30). The average molecular weight is 485 g/mol. The van der Waals surface area contributed by atoms with E-state index in [9.17, 15) is 18.0 Å². The molecule has 35 heavy (non-hydrogen) atoms. The summed E-state index contributed by atoms with van der Waals surface area (Å²) in [6, 6.07) is 17.7. The Morgan fingerprint density at radius 2 is 1.77 bits per heavy atom. The molecule has 3 aromatic rings. The minimum atomic E-state index is -5.16. The fourth-order valence-electron chi connectivity index (χ4n) is 3.63. The Balaban J connectivity index is 1.45. The molecule has 1 saturated carbocycles. The van der Waals surface area contributed by atoms with Crippen LogP contribution < -0.4 is 19.9 Å². The average Bonchev–Trinajstić information content (AvgIpc) is 3.62. The Kier molecular flexibility index (Phi) is 6.10. The third kappa shape index (κ3) is 5.42. The number of carbonyl (C=O) groups is 1. The Hall–Kier alpha value is -3.95. The second-order valence-corrected chi connectivity index (χ2v) is 8.39. The number of pyridine rings is 1. The van der Waals surface area contributed by atoms with E-state index in [2.05, 4.69) is 10.3 Å². The summed E-state index contributed by atoms with van der Waals surface area (Å²) in [5.74, 6) is -0.587. The summed E-state index contributed by atoms with van der Waals surface area (Å²) in [5.41, 5.74) is 1.63. The molecule has 1 unspecified atom stereocenters. The van der Waals surface area contributed by atoms with Crippen molar-refractivity contribution in [3.05, 3.63) is 78.0 Å². The predicted octanol–water partition coefficient (Wildman–Crippen LogP) is 5.40. The number of nitrogens with zero attached hydrogens (tertiary/aromatic N) is 2. The van der Waals surface area contributed by atoms with Gasteiger partial charge in [-0.25, -0.2) is 9.78 Å². The predicted molar refractivity (Wildman–Crippen MR) is 121 cm³/mol. The van der Waals surface area contributed by atoms with Crippen molar-refractivity contribution in [2.75, 3.05) is 17.0 Å². The number of halogens is 3. The summed E-state index contributed by atoms with van der Waals surface area (Å²) in [7, 11) is 0. The number of rotatable bonds is 8. The minimum absolute atomic E-state index is 0.200. The van der Waals surface area contributed by atoms with E-state index >= 15 is 0 Å². The topological polar surface area (TPSA) is 72.9 Å². The summed E-state index contributed by atoms with van der Waals surface area (Å²) in [6.07, 6.45) is -2.45. The van der Waals surface area contributed by atoms with E-state index < -0.39 is 18.3 Å². The van der Waals surface area contributed by atoms with Crippen molar-refractivity contribution >= 4 is 17.5 Å². The molecule has 1 atom stereocenters. The fourth-order valence-corrected chi connectivity index (χ4v) is 3.63. The van der Waals surface area contributed by atoms with Crippen LogP contribution in [-0.4, -0.2) is 23.7 Å². The van der Waals surface area contributed by atoms with E-state index in [1.54, 1.807) is 24.3 Å². The van der Waals surface area contributed by atoms with Crippen LogP contribution in [0.2, 0.25) is 0 Å². The third-order valence-electron chi connectivity index (χ3n) is 5.59.